The molecule has 1 unspecified atom stereocenters. The van der Waals surface area contributed by atoms with Gasteiger partial charge in [-0.2, -0.15) is 0 Å². The second-order valence-electron chi connectivity index (χ2n) is 2.60. The van der Waals surface area contributed by atoms with Crippen LogP contribution in [0.3, 0.4) is 0 Å². The van der Waals surface area contributed by atoms with E-state index in [2.05, 4.69) is 24.3 Å². The molecule has 0 saturated heterocycles. The fourth-order valence-corrected chi connectivity index (χ4v) is 0.755. The first-order chi connectivity index (χ1) is 4.70. The molecule has 0 aromatic heterocycles. The van der Waals surface area contributed by atoms with Crippen molar-refractivity contribution in [3.8, 4) is 0 Å². The lowest BCUT2D eigenvalue weighted by molar-refractivity contribution is 0.0675. The summed E-state index contributed by atoms with van der Waals surface area (Å²) in [5.41, 5.74) is 0. The minimum absolute atomic E-state index is 0.197. The topological polar surface area (TPSA) is 24.5 Å². The van der Waals surface area contributed by atoms with Crippen LogP contribution in [-0.2, 0) is 4.74 Å². The third kappa shape index (κ3) is 4.73. The highest BCUT2D eigenvalue weighted by Crippen LogP contribution is 1.91. The summed E-state index contributed by atoms with van der Waals surface area (Å²) in [5.74, 6) is 0. The first-order valence-corrected chi connectivity index (χ1v) is 3.55. The summed E-state index contributed by atoms with van der Waals surface area (Å²) in [5, 5.41) is 3.06. The van der Waals surface area contributed by atoms with Gasteiger partial charge in [0.05, 0.1) is 0 Å². The molecule has 0 saturated carbocycles. The van der Waals surface area contributed by atoms with Crippen molar-refractivity contribution in [3.63, 3.8) is 0 Å². The summed E-state index contributed by atoms with van der Waals surface area (Å²) < 4.78 is 5.11. The smallest absolute Gasteiger partial charge is 0.108 e. The van der Waals surface area contributed by atoms with Crippen molar-refractivity contribution in [2.24, 2.45) is 0 Å². The van der Waals surface area contributed by atoms with Crippen LogP contribution in [-0.4, -0.2) is 45.9 Å². The van der Waals surface area contributed by atoms with Gasteiger partial charge in [0, 0.05) is 13.7 Å². The summed E-state index contributed by atoms with van der Waals surface area (Å²) in [6.45, 7) is 1.05. The number of methoxy groups -OCH3 is 1. The maximum absolute atomic E-state index is 5.11. The Kier molecular flexibility index (Phi) is 5.58. The Labute approximate surface area is 63.4 Å². The minimum atomic E-state index is 0.197. The number of ether oxygens (including phenoxy) is 1. The first-order valence-electron chi connectivity index (χ1n) is 3.55. The van der Waals surface area contributed by atoms with Crippen LogP contribution in [0, 0.1) is 0 Å². The predicted molar refractivity (Wildman–Crippen MR) is 43.0 cm³/mol. The average molecular weight is 146 g/mol. The maximum Gasteiger partial charge on any atom is 0.108 e. The molecule has 0 aliphatic carbocycles. The molecule has 3 nitrogen and oxygen atoms in total. The van der Waals surface area contributed by atoms with Crippen LogP contribution >= 0.6 is 0 Å². The van der Waals surface area contributed by atoms with Gasteiger partial charge in [0.2, 0.25) is 0 Å². The van der Waals surface area contributed by atoms with Gasteiger partial charge in [-0.15, -0.1) is 0 Å². The third-order valence-corrected chi connectivity index (χ3v) is 1.44. The zero-order valence-electron chi connectivity index (χ0n) is 7.35. The summed E-state index contributed by atoms with van der Waals surface area (Å²) in [6, 6.07) is 0. The molecule has 0 aromatic carbocycles. The van der Waals surface area contributed by atoms with E-state index in [1.807, 2.05) is 7.05 Å². The van der Waals surface area contributed by atoms with E-state index in [-0.39, 0.29) is 6.23 Å². The summed E-state index contributed by atoms with van der Waals surface area (Å²) in [7, 11) is 7.74. The van der Waals surface area contributed by atoms with Crippen molar-refractivity contribution in [3.05, 3.63) is 0 Å². The molecular weight excluding hydrogens is 128 g/mol. The van der Waals surface area contributed by atoms with Crippen molar-refractivity contribution >= 4 is 0 Å². The normalized spacial score (nSPS) is 14.1. The van der Waals surface area contributed by atoms with Crippen LogP contribution in [0.15, 0.2) is 0 Å². The van der Waals surface area contributed by atoms with Crippen LogP contribution in [0.4, 0.5) is 0 Å². The molecule has 3 heteroatoms. The summed E-state index contributed by atoms with van der Waals surface area (Å²) in [4.78, 5) is 2.14. The predicted octanol–water partition coefficient (Wildman–Crippen LogP) is 0.130. The lowest BCUT2D eigenvalue weighted by Crippen LogP contribution is -2.30. The zero-order chi connectivity index (χ0) is 7.98. The Bertz CT molecular complexity index is 72.0. The number of hydrogen-bond donors (Lipinski definition) is 1. The van der Waals surface area contributed by atoms with E-state index in [0.717, 1.165) is 13.0 Å². The highest BCUT2D eigenvalue weighted by molar-refractivity contribution is 4.53. The van der Waals surface area contributed by atoms with Gasteiger partial charge in [0.15, 0.2) is 0 Å². The second-order valence-corrected chi connectivity index (χ2v) is 2.60. The Morgan fingerprint density at radius 3 is 2.40 bits per heavy atom. The van der Waals surface area contributed by atoms with Gasteiger partial charge in [-0.25, -0.2) is 0 Å². The SMILES string of the molecule is CNC(CCN(C)C)OC. The quantitative estimate of drug-likeness (QED) is 0.558. The van der Waals surface area contributed by atoms with Gasteiger partial charge >= 0.3 is 0 Å². The van der Waals surface area contributed by atoms with Crippen LogP contribution in [0.2, 0.25) is 0 Å². The number of hydrogen-bond acceptors (Lipinski definition) is 3. The molecule has 10 heavy (non-hydrogen) atoms. The molecule has 0 spiro atoms. The van der Waals surface area contributed by atoms with Crippen molar-refractivity contribution in [2.45, 2.75) is 12.6 Å². The van der Waals surface area contributed by atoms with Crippen LogP contribution in [0.25, 0.3) is 0 Å². The lowest BCUT2D eigenvalue weighted by Gasteiger charge is -2.16. The van der Waals surface area contributed by atoms with E-state index in [1.54, 1.807) is 7.11 Å². The molecule has 0 aliphatic rings. The Hall–Kier alpha value is -0.120. The number of rotatable bonds is 5. The molecule has 0 bridgehead atoms. The molecule has 62 valence electrons. The molecule has 0 radical (unpaired) electrons. The van der Waals surface area contributed by atoms with Gasteiger partial charge < -0.3 is 9.64 Å². The van der Waals surface area contributed by atoms with E-state index in [1.165, 1.54) is 0 Å². The molecule has 1 atom stereocenters. The standard InChI is InChI=1S/C7H18N2O/c1-8-7(10-4)5-6-9(2)3/h7-8H,5-6H2,1-4H3. The molecule has 0 rings (SSSR count). The first kappa shape index (κ1) is 9.88. The second kappa shape index (κ2) is 5.65. The largest absolute Gasteiger partial charge is 0.367 e. The maximum atomic E-state index is 5.11. The van der Waals surface area contributed by atoms with Gasteiger partial charge in [0.1, 0.15) is 6.23 Å². The molecule has 0 amide bonds. The van der Waals surface area contributed by atoms with Crippen molar-refractivity contribution < 1.29 is 4.74 Å². The fraction of sp³-hybridized carbons (Fsp3) is 1.00. The van der Waals surface area contributed by atoms with Gasteiger partial charge in [-0.3, -0.25) is 5.32 Å². The van der Waals surface area contributed by atoms with E-state index < -0.39 is 0 Å². The average Bonchev–Trinajstić information content (AvgIpc) is 1.90. The fourth-order valence-electron chi connectivity index (χ4n) is 0.755. The van der Waals surface area contributed by atoms with Gasteiger partial charge in [-0.1, -0.05) is 0 Å². The molecular formula is C7H18N2O. The molecule has 0 fully saturated rings. The Morgan fingerprint density at radius 2 is 2.10 bits per heavy atom. The van der Waals surface area contributed by atoms with Crippen molar-refractivity contribution in [1.82, 2.24) is 10.2 Å². The highest BCUT2D eigenvalue weighted by Gasteiger charge is 2.02. The monoisotopic (exact) mass is 146 g/mol. The number of nitrogens with zero attached hydrogens (tertiary/aromatic N) is 1. The van der Waals surface area contributed by atoms with E-state index in [9.17, 15) is 0 Å². The van der Waals surface area contributed by atoms with Crippen LogP contribution < -0.4 is 5.32 Å². The third-order valence-electron chi connectivity index (χ3n) is 1.44. The molecule has 1 N–H and O–H groups in total. The van der Waals surface area contributed by atoms with E-state index in [4.69, 9.17) is 4.74 Å². The minimum Gasteiger partial charge on any atom is -0.367 e. The molecule has 0 aliphatic heterocycles. The Balaban J connectivity index is 3.26. The van der Waals surface area contributed by atoms with Crippen molar-refractivity contribution in [2.75, 3.05) is 34.8 Å². The van der Waals surface area contributed by atoms with E-state index >= 15 is 0 Å². The van der Waals surface area contributed by atoms with E-state index in [0.29, 0.717) is 0 Å². The van der Waals surface area contributed by atoms with Crippen molar-refractivity contribution in [1.29, 1.82) is 0 Å². The number of nitrogens with one attached hydrogen (secondary N) is 1. The Morgan fingerprint density at radius 1 is 1.50 bits per heavy atom. The van der Waals surface area contributed by atoms with Gasteiger partial charge in [0.25, 0.3) is 0 Å². The lowest BCUT2D eigenvalue weighted by atomic mass is 10.3. The summed E-state index contributed by atoms with van der Waals surface area (Å²) in [6.07, 6.45) is 1.22. The zero-order valence-corrected chi connectivity index (χ0v) is 7.35. The highest BCUT2D eigenvalue weighted by atomic mass is 16.5. The van der Waals surface area contributed by atoms with Gasteiger partial charge in [-0.05, 0) is 27.6 Å². The molecule has 0 aromatic rings. The van der Waals surface area contributed by atoms with Crippen LogP contribution in [0.5, 0.6) is 0 Å². The van der Waals surface area contributed by atoms with Crippen LogP contribution in [0.1, 0.15) is 6.42 Å². The molecule has 0 heterocycles. The summed E-state index contributed by atoms with van der Waals surface area (Å²) >= 11 is 0.